The Kier molecular flexibility index (Phi) is 9.14. The average molecular weight is 651 g/mol. The lowest BCUT2D eigenvalue weighted by atomic mass is 9.99. The smallest absolute Gasteiger partial charge is 0.314 e. The van der Waals surface area contributed by atoms with Gasteiger partial charge in [-0.3, -0.25) is 9.59 Å². The van der Waals surface area contributed by atoms with Crippen LogP contribution < -0.4 is 10.4 Å². The van der Waals surface area contributed by atoms with Crippen LogP contribution in [0.15, 0.2) is 68.2 Å². The Morgan fingerprint density at radius 3 is 1.23 bits per heavy atom. The van der Waals surface area contributed by atoms with Gasteiger partial charge in [0.1, 0.15) is 13.2 Å². The summed E-state index contributed by atoms with van der Waals surface area (Å²) in [6.45, 7) is 4.69. The molecule has 7 rings (SSSR count). The second kappa shape index (κ2) is 13.2. The number of ether oxygens (including phenoxy) is 2. The zero-order valence-electron chi connectivity index (χ0n) is 23.9. The van der Waals surface area contributed by atoms with Gasteiger partial charge < -0.3 is 9.47 Å². The zero-order chi connectivity index (χ0) is 30.2. The van der Waals surface area contributed by atoms with E-state index in [9.17, 15) is 9.59 Å². The molecule has 0 aromatic heterocycles. The third-order valence-corrected chi connectivity index (χ3v) is 12.8. The molecular formula is C36H26O4S4. The fourth-order valence-corrected chi connectivity index (χ4v) is 10.6. The van der Waals surface area contributed by atoms with Gasteiger partial charge in [-0.2, -0.15) is 0 Å². The van der Waals surface area contributed by atoms with Crippen molar-refractivity contribution in [2.24, 2.45) is 0 Å². The number of carbonyl (C=O) groups is 2. The number of hydrogen-bond donors (Lipinski definition) is 0. The van der Waals surface area contributed by atoms with E-state index in [1.807, 2.05) is 25.7 Å². The molecule has 10 radical (unpaired) electrons. The lowest BCUT2D eigenvalue weighted by Crippen LogP contribution is -2.17. The number of esters is 2. The van der Waals surface area contributed by atoms with Crippen molar-refractivity contribution in [3.05, 3.63) is 142 Å². The largest absolute Gasteiger partial charge is 0.460 e. The zero-order valence-corrected chi connectivity index (χ0v) is 27.2. The summed E-state index contributed by atoms with van der Waals surface area (Å²) in [7, 11) is 0. The third-order valence-electron chi connectivity index (χ3n) is 7.51. The summed E-state index contributed by atoms with van der Waals surface area (Å²) in [4.78, 5) is 29.4. The highest BCUT2D eigenvalue weighted by Crippen LogP contribution is 2.51. The van der Waals surface area contributed by atoms with Crippen LogP contribution in [0.2, 0.25) is 0 Å². The monoisotopic (exact) mass is 650 g/mol. The molecule has 44 heavy (non-hydrogen) atoms. The summed E-state index contributed by atoms with van der Waals surface area (Å²) in [5.41, 5.74) is 0. The maximum absolute atomic E-state index is 12.5. The van der Waals surface area contributed by atoms with Crippen LogP contribution in [-0.4, -0.2) is 25.2 Å². The fourth-order valence-electron chi connectivity index (χ4n) is 5.28. The van der Waals surface area contributed by atoms with E-state index in [-0.39, 0.29) is 25.2 Å². The number of carbonyl (C=O) groups excluding carboxylic acids is 2. The predicted molar refractivity (Wildman–Crippen MR) is 186 cm³/mol. The third kappa shape index (κ3) is 6.00. The highest BCUT2D eigenvalue weighted by Gasteiger charge is 2.29. The number of fused-ring (bicyclic) bond motifs is 2. The van der Waals surface area contributed by atoms with Gasteiger partial charge in [0.2, 0.25) is 0 Å². The van der Waals surface area contributed by atoms with E-state index in [2.05, 4.69) is 62.4 Å². The summed E-state index contributed by atoms with van der Waals surface area (Å²) in [6, 6.07) is 17.2. The number of benzene rings is 3. The van der Waals surface area contributed by atoms with Gasteiger partial charge in [-0.1, -0.05) is 95.6 Å². The molecule has 3 aromatic rings. The molecule has 4 nitrogen and oxygen atoms in total. The van der Waals surface area contributed by atoms with E-state index in [4.69, 9.17) is 9.47 Å². The van der Waals surface area contributed by atoms with E-state index < -0.39 is 0 Å². The van der Waals surface area contributed by atoms with Crippen LogP contribution in [0, 0.1) is 63.2 Å². The molecule has 0 N–H and O–H groups in total. The Morgan fingerprint density at radius 2 is 0.886 bits per heavy atom. The van der Waals surface area contributed by atoms with Crippen LogP contribution in [0.5, 0.6) is 0 Å². The highest BCUT2D eigenvalue weighted by atomic mass is 32.2. The van der Waals surface area contributed by atoms with Gasteiger partial charge in [0.15, 0.2) is 0 Å². The van der Waals surface area contributed by atoms with Crippen molar-refractivity contribution in [1.29, 1.82) is 0 Å². The maximum atomic E-state index is 12.5. The standard InChI is InChI=1S/C36H26O4S4/c1-21-29(19-39-33(37)23-11-3-4-12-23)43-35(41-21)31-25-15-7-9-17-27(25)32(28-18-10-8-16-26(28)31)36-42-22(2)30(44-36)20-40-34(38)24-13-5-6-14-24/h3-18H,19-20H2,1-2H3. The molecule has 218 valence electrons. The first-order chi connectivity index (χ1) is 21.5. The lowest BCUT2D eigenvalue weighted by Gasteiger charge is -2.12. The second-order valence-electron chi connectivity index (χ2n) is 10.3. The topological polar surface area (TPSA) is 52.6 Å². The van der Waals surface area contributed by atoms with Crippen LogP contribution in [-0.2, 0) is 19.1 Å². The van der Waals surface area contributed by atoms with E-state index in [1.54, 1.807) is 72.7 Å². The van der Waals surface area contributed by atoms with Crippen LogP contribution in [0.3, 0.4) is 0 Å². The predicted octanol–water partition coefficient (Wildman–Crippen LogP) is 7.44. The first-order valence-corrected chi connectivity index (χ1v) is 17.3. The second-order valence-corrected chi connectivity index (χ2v) is 15.5. The van der Waals surface area contributed by atoms with Gasteiger partial charge in [0.05, 0.1) is 20.3 Å². The van der Waals surface area contributed by atoms with E-state index in [1.165, 1.54) is 40.5 Å². The molecule has 2 saturated carbocycles. The molecule has 8 heteroatoms. The van der Waals surface area contributed by atoms with Crippen molar-refractivity contribution in [2.45, 2.75) is 13.8 Å². The van der Waals surface area contributed by atoms with E-state index in [0.717, 1.165) is 19.6 Å². The minimum atomic E-state index is -0.304. The Balaban J connectivity index is 1.24. The summed E-state index contributed by atoms with van der Waals surface area (Å²) in [6.07, 6.45) is 14.4. The fraction of sp³-hybridized carbons (Fsp3) is 0.111. The Morgan fingerprint density at radius 1 is 0.545 bits per heavy atom. The summed E-state index contributed by atoms with van der Waals surface area (Å²) in [5, 5.41) is 7.13. The molecule has 2 heterocycles. The van der Waals surface area contributed by atoms with Crippen molar-refractivity contribution in [3.63, 3.8) is 0 Å². The molecule has 2 aliphatic carbocycles. The van der Waals surface area contributed by atoms with Crippen molar-refractivity contribution >= 4 is 89.0 Å². The Labute approximate surface area is 275 Å². The Bertz CT molecular complexity index is 1650. The minimum Gasteiger partial charge on any atom is -0.460 e. The molecule has 4 aliphatic rings. The van der Waals surface area contributed by atoms with E-state index in [0.29, 0.717) is 11.8 Å². The normalized spacial score (nSPS) is 19.8. The number of hydrogen-bond acceptors (Lipinski definition) is 8. The lowest BCUT2D eigenvalue weighted by molar-refractivity contribution is -0.140. The van der Waals surface area contributed by atoms with Crippen molar-refractivity contribution < 1.29 is 19.1 Å². The number of rotatable bonds is 6. The first-order valence-electron chi connectivity index (χ1n) is 14.0. The molecule has 0 amide bonds. The SMILES string of the molecule is CC1=C(COC(=O)[C]2[CH][CH][CH][CH]2)SC(=c2c3ccccc3c(=C3SC(C)=C(COC(=O)[C]4[CH][CH][CH][CH]4)S3)c3ccccc23)S1. The van der Waals surface area contributed by atoms with Gasteiger partial charge in [-0.15, -0.1) is 0 Å². The number of thioether (sulfide) groups is 4. The number of allylic oxidation sites excluding steroid dienone is 2. The molecule has 0 spiro atoms. The van der Waals surface area contributed by atoms with E-state index >= 15 is 0 Å². The van der Waals surface area contributed by atoms with Gasteiger partial charge in [0, 0.05) is 30.1 Å². The van der Waals surface area contributed by atoms with Crippen LogP contribution in [0.4, 0.5) is 0 Å². The molecular weight excluding hydrogens is 625 g/mol. The highest BCUT2D eigenvalue weighted by molar-refractivity contribution is 8.36. The maximum Gasteiger partial charge on any atom is 0.314 e. The molecule has 2 aliphatic heterocycles. The van der Waals surface area contributed by atoms with Crippen molar-refractivity contribution in [2.75, 3.05) is 13.2 Å². The summed E-state index contributed by atoms with van der Waals surface area (Å²) >= 11 is 6.88. The molecule has 0 bridgehead atoms. The van der Waals surface area contributed by atoms with Gasteiger partial charge in [-0.25, -0.2) is 0 Å². The minimum absolute atomic E-state index is 0.250. The molecule has 0 saturated heterocycles. The van der Waals surface area contributed by atoms with Crippen molar-refractivity contribution in [1.82, 2.24) is 0 Å². The van der Waals surface area contributed by atoms with Crippen LogP contribution in [0.1, 0.15) is 13.8 Å². The molecule has 2 fully saturated rings. The summed E-state index contributed by atoms with van der Waals surface area (Å²) in [5.74, 6) is 0.539. The quantitative estimate of drug-likeness (QED) is 0.202. The first kappa shape index (κ1) is 30.4. The molecule has 3 aromatic carbocycles. The van der Waals surface area contributed by atoms with Gasteiger partial charge in [-0.05, 0) is 86.8 Å². The average Bonchev–Trinajstić information content (AvgIpc) is 3.86. The van der Waals surface area contributed by atoms with Crippen LogP contribution >= 0.6 is 47.0 Å². The van der Waals surface area contributed by atoms with Crippen LogP contribution in [0.25, 0.3) is 30.0 Å². The Hall–Kier alpha value is -2.26. The molecule has 0 unspecified atom stereocenters. The van der Waals surface area contributed by atoms with Gasteiger partial charge >= 0.3 is 11.9 Å². The molecule has 0 atom stereocenters. The van der Waals surface area contributed by atoms with Gasteiger partial charge in [0.25, 0.3) is 0 Å². The summed E-state index contributed by atoms with van der Waals surface area (Å²) < 4.78 is 13.7. The van der Waals surface area contributed by atoms with Crippen molar-refractivity contribution in [3.8, 4) is 0 Å².